The number of nitrogens with zero attached hydrogens (tertiary/aromatic N) is 4. The van der Waals surface area contributed by atoms with E-state index in [0.717, 1.165) is 0 Å². The third kappa shape index (κ3) is 2.38. The molecular weight excluding hydrogens is 298 g/mol. The number of amides is 1. The van der Waals surface area contributed by atoms with Crippen LogP contribution in [0.5, 0.6) is 0 Å². The number of aromatic nitrogens is 3. The summed E-state index contributed by atoms with van der Waals surface area (Å²) in [6.07, 6.45) is 1.39. The normalized spacial score (nSPS) is 9.83. The minimum absolute atomic E-state index is 0.259. The molecule has 0 saturated heterocycles. The zero-order valence-electron chi connectivity index (χ0n) is 9.38. The quantitative estimate of drug-likeness (QED) is 0.856. The van der Waals surface area contributed by atoms with E-state index in [1.165, 1.54) is 10.9 Å². The summed E-state index contributed by atoms with van der Waals surface area (Å²) in [5.41, 5.74) is 0.565. The van der Waals surface area contributed by atoms with Gasteiger partial charge in [0.2, 0.25) is 0 Å². The number of halogens is 1. The number of aryl methyl sites for hydroxylation is 1. The zero-order valence-corrected chi connectivity index (χ0v) is 11.0. The molecule has 18 heavy (non-hydrogen) atoms. The molecule has 0 aliphatic rings. The number of carbonyl (C=O) groups is 1. The molecule has 0 fully saturated rings. The molecule has 2 aromatic rings. The molecule has 0 atom stereocenters. The number of pyridine rings is 1. The van der Waals surface area contributed by atoms with Crippen molar-refractivity contribution in [2.45, 2.75) is 0 Å². The first-order valence-electron chi connectivity index (χ1n) is 4.98. The van der Waals surface area contributed by atoms with Crippen molar-refractivity contribution in [2.24, 2.45) is 7.05 Å². The molecule has 90 valence electrons. The van der Waals surface area contributed by atoms with Crippen LogP contribution in [0.3, 0.4) is 0 Å². The van der Waals surface area contributed by atoms with Gasteiger partial charge in [0, 0.05) is 7.05 Å². The fraction of sp³-hybridized carbons (Fsp3) is 0.0909. The van der Waals surface area contributed by atoms with E-state index >= 15 is 0 Å². The molecule has 0 aromatic carbocycles. The number of hydrogen-bond donors (Lipinski definition) is 1. The van der Waals surface area contributed by atoms with Crippen LogP contribution < -0.4 is 5.32 Å². The second-order valence-corrected chi connectivity index (χ2v) is 4.25. The van der Waals surface area contributed by atoms with E-state index in [2.05, 4.69) is 31.3 Å². The molecule has 0 spiro atoms. The highest BCUT2D eigenvalue weighted by Crippen LogP contribution is 2.14. The Hall–Kier alpha value is -2.20. The summed E-state index contributed by atoms with van der Waals surface area (Å²) in [5.74, 6) is -0.0410. The molecule has 2 aromatic heterocycles. The Balaban J connectivity index is 2.27. The lowest BCUT2D eigenvalue weighted by Gasteiger charge is -2.05. The predicted molar refractivity (Wildman–Crippen MR) is 67.8 cm³/mol. The Morgan fingerprint density at radius 3 is 3.00 bits per heavy atom. The summed E-state index contributed by atoms with van der Waals surface area (Å²) >= 11 is 3.19. The van der Waals surface area contributed by atoms with Gasteiger partial charge in [-0.3, -0.25) is 9.48 Å². The monoisotopic (exact) mass is 305 g/mol. The lowest BCUT2D eigenvalue weighted by Crippen LogP contribution is -2.16. The average molecular weight is 306 g/mol. The molecule has 7 heteroatoms. The molecule has 1 amide bonds. The number of rotatable bonds is 2. The van der Waals surface area contributed by atoms with Crippen LogP contribution in [0.2, 0.25) is 0 Å². The Morgan fingerprint density at radius 2 is 2.33 bits per heavy atom. The topological polar surface area (TPSA) is 83.6 Å². The Labute approximate surface area is 111 Å². The summed E-state index contributed by atoms with van der Waals surface area (Å²) in [7, 11) is 1.64. The van der Waals surface area contributed by atoms with Crippen LogP contribution in [0.1, 0.15) is 16.1 Å². The fourth-order valence-electron chi connectivity index (χ4n) is 1.37. The van der Waals surface area contributed by atoms with Crippen LogP contribution in [-0.2, 0) is 7.05 Å². The summed E-state index contributed by atoms with van der Waals surface area (Å²) in [4.78, 5) is 16.0. The van der Waals surface area contributed by atoms with E-state index in [-0.39, 0.29) is 5.69 Å². The van der Waals surface area contributed by atoms with Crippen LogP contribution in [0.4, 0.5) is 5.82 Å². The second kappa shape index (κ2) is 4.98. The lowest BCUT2D eigenvalue weighted by molar-refractivity contribution is 0.102. The number of hydrogen-bond acceptors (Lipinski definition) is 4. The summed E-state index contributed by atoms with van der Waals surface area (Å²) in [6.45, 7) is 0. The SMILES string of the molecule is Cn1ncc(C#N)c1NC(=O)c1cccc(Br)n1. The molecule has 0 saturated carbocycles. The predicted octanol–water partition coefficient (Wildman–Crippen LogP) is 1.70. The number of nitrogens with one attached hydrogen (secondary N) is 1. The Kier molecular flexibility index (Phi) is 3.39. The number of anilines is 1. The molecule has 0 unspecified atom stereocenters. The highest BCUT2D eigenvalue weighted by molar-refractivity contribution is 9.10. The van der Waals surface area contributed by atoms with Crippen molar-refractivity contribution in [1.82, 2.24) is 14.8 Å². The van der Waals surface area contributed by atoms with Crippen molar-refractivity contribution in [3.8, 4) is 6.07 Å². The molecule has 0 aliphatic heterocycles. The molecule has 6 nitrogen and oxygen atoms in total. The van der Waals surface area contributed by atoms with Crippen LogP contribution in [0.25, 0.3) is 0 Å². The van der Waals surface area contributed by atoms with Gasteiger partial charge < -0.3 is 5.32 Å². The van der Waals surface area contributed by atoms with Gasteiger partial charge in [0.1, 0.15) is 27.7 Å². The third-order valence-corrected chi connectivity index (χ3v) is 2.68. The molecule has 1 N–H and O–H groups in total. The highest BCUT2D eigenvalue weighted by Gasteiger charge is 2.14. The van der Waals surface area contributed by atoms with Gasteiger partial charge >= 0.3 is 0 Å². The standard InChI is InChI=1S/C11H8BrN5O/c1-17-10(7(5-13)6-14-17)16-11(18)8-3-2-4-9(12)15-8/h2-4,6H,1H3,(H,16,18). The summed E-state index contributed by atoms with van der Waals surface area (Å²) in [5, 5.41) is 15.4. The maximum absolute atomic E-state index is 11.9. The molecule has 0 radical (unpaired) electrons. The number of nitriles is 1. The molecule has 2 rings (SSSR count). The van der Waals surface area contributed by atoms with Gasteiger partial charge in [-0.2, -0.15) is 10.4 Å². The van der Waals surface area contributed by atoms with E-state index in [0.29, 0.717) is 16.0 Å². The fourth-order valence-corrected chi connectivity index (χ4v) is 1.72. The Morgan fingerprint density at radius 1 is 1.56 bits per heavy atom. The van der Waals surface area contributed by atoms with Gasteiger partial charge in [0.15, 0.2) is 0 Å². The van der Waals surface area contributed by atoms with Crippen LogP contribution in [-0.4, -0.2) is 20.7 Å². The van der Waals surface area contributed by atoms with E-state index < -0.39 is 5.91 Å². The van der Waals surface area contributed by atoms with E-state index in [9.17, 15) is 4.79 Å². The van der Waals surface area contributed by atoms with Crippen LogP contribution in [0.15, 0.2) is 29.0 Å². The van der Waals surface area contributed by atoms with Gasteiger partial charge in [0.25, 0.3) is 5.91 Å². The average Bonchev–Trinajstić information content (AvgIpc) is 2.70. The van der Waals surface area contributed by atoms with E-state index in [1.54, 1.807) is 25.2 Å². The third-order valence-electron chi connectivity index (χ3n) is 2.24. The Bertz CT molecular complexity index is 643. The van der Waals surface area contributed by atoms with Crippen molar-refractivity contribution in [3.63, 3.8) is 0 Å². The zero-order chi connectivity index (χ0) is 13.1. The van der Waals surface area contributed by atoms with Gasteiger partial charge in [-0.05, 0) is 28.1 Å². The molecular formula is C11H8BrN5O. The first-order valence-corrected chi connectivity index (χ1v) is 5.77. The van der Waals surface area contributed by atoms with Crippen molar-refractivity contribution in [3.05, 3.63) is 40.3 Å². The largest absolute Gasteiger partial charge is 0.304 e. The smallest absolute Gasteiger partial charge is 0.275 e. The van der Waals surface area contributed by atoms with Crippen molar-refractivity contribution >= 4 is 27.7 Å². The van der Waals surface area contributed by atoms with Gasteiger partial charge in [-0.1, -0.05) is 6.07 Å². The number of carbonyl (C=O) groups excluding carboxylic acids is 1. The maximum atomic E-state index is 11.9. The van der Waals surface area contributed by atoms with E-state index in [4.69, 9.17) is 5.26 Å². The molecule has 0 bridgehead atoms. The molecule has 2 heterocycles. The maximum Gasteiger partial charge on any atom is 0.275 e. The minimum atomic E-state index is -0.392. The van der Waals surface area contributed by atoms with Crippen molar-refractivity contribution in [2.75, 3.05) is 5.32 Å². The van der Waals surface area contributed by atoms with Gasteiger partial charge in [-0.25, -0.2) is 4.98 Å². The first-order chi connectivity index (χ1) is 8.61. The minimum Gasteiger partial charge on any atom is -0.304 e. The van der Waals surface area contributed by atoms with Crippen LogP contribution >= 0.6 is 15.9 Å². The molecule has 0 aliphatic carbocycles. The van der Waals surface area contributed by atoms with Crippen molar-refractivity contribution < 1.29 is 4.79 Å². The summed E-state index contributed by atoms with van der Waals surface area (Å²) < 4.78 is 2.00. The highest BCUT2D eigenvalue weighted by atomic mass is 79.9. The van der Waals surface area contributed by atoms with Crippen LogP contribution in [0, 0.1) is 11.3 Å². The van der Waals surface area contributed by atoms with Gasteiger partial charge in [0.05, 0.1) is 6.20 Å². The van der Waals surface area contributed by atoms with Crippen molar-refractivity contribution in [1.29, 1.82) is 5.26 Å². The lowest BCUT2D eigenvalue weighted by atomic mass is 10.3. The summed E-state index contributed by atoms with van der Waals surface area (Å²) in [6, 6.07) is 6.98. The first kappa shape index (κ1) is 12.3. The van der Waals surface area contributed by atoms with Gasteiger partial charge in [-0.15, -0.1) is 0 Å². The second-order valence-electron chi connectivity index (χ2n) is 3.44. The van der Waals surface area contributed by atoms with E-state index in [1.807, 2.05) is 6.07 Å².